The van der Waals surface area contributed by atoms with Crippen molar-refractivity contribution in [2.75, 3.05) is 18.2 Å². The topological polar surface area (TPSA) is 93.0 Å². The van der Waals surface area contributed by atoms with Crippen LogP contribution in [-0.4, -0.2) is 23.2 Å². The average Bonchev–Trinajstić information content (AvgIpc) is 2.71. The second-order valence-corrected chi connectivity index (χ2v) is 4.20. The van der Waals surface area contributed by atoms with Crippen LogP contribution in [0.5, 0.6) is 0 Å². The van der Waals surface area contributed by atoms with Crippen molar-refractivity contribution in [1.29, 1.82) is 0 Å². The summed E-state index contributed by atoms with van der Waals surface area (Å²) < 4.78 is 5.04. The van der Waals surface area contributed by atoms with Gasteiger partial charge in [-0.1, -0.05) is 12.1 Å². The molecule has 19 heavy (non-hydrogen) atoms. The van der Waals surface area contributed by atoms with Crippen LogP contribution in [0.25, 0.3) is 0 Å². The molecule has 6 nitrogen and oxygen atoms in total. The molecule has 0 fully saturated rings. The number of hydrogen-bond acceptors (Lipinski definition) is 4. The number of aromatic nitrogens is 2. The number of benzene rings is 1. The lowest BCUT2D eigenvalue weighted by molar-refractivity contribution is 0.102. The summed E-state index contributed by atoms with van der Waals surface area (Å²) in [5.41, 5.74) is 8.67. The highest BCUT2D eigenvalue weighted by Crippen LogP contribution is 2.16. The van der Waals surface area contributed by atoms with Crippen LogP contribution in [0.1, 0.15) is 21.7 Å². The van der Waals surface area contributed by atoms with Gasteiger partial charge in [-0.15, -0.1) is 0 Å². The van der Waals surface area contributed by atoms with Crippen molar-refractivity contribution in [2.24, 2.45) is 0 Å². The molecule has 4 N–H and O–H groups in total. The quantitative estimate of drug-likeness (QED) is 0.780. The van der Waals surface area contributed by atoms with Crippen molar-refractivity contribution in [3.05, 3.63) is 41.2 Å². The van der Waals surface area contributed by atoms with Crippen molar-refractivity contribution >= 4 is 17.3 Å². The summed E-state index contributed by atoms with van der Waals surface area (Å²) in [4.78, 5) is 12.0. The van der Waals surface area contributed by atoms with Crippen molar-refractivity contribution in [2.45, 2.75) is 13.5 Å². The number of carbonyl (C=O) groups excluding carboxylic acids is 1. The number of nitrogens with two attached hydrogens (primary N) is 1. The highest BCUT2D eigenvalue weighted by Gasteiger charge is 2.15. The van der Waals surface area contributed by atoms with Crippen molar-refractivity contribution in [3.8, 4) is 0 Å². The van der Waals surface area contributed by atoms with Crippen LogP contribution in [0.15, 0.2) is 24.3 Å². The van der Waals surface area contributed by atoms with Crippen molar-refractivity contribution < 1.29 is 9.53 Å². The molecule has 0 aliphatic heterocycles. The number of nitrogens with one attached hydrogen (secondary N) is 2. The van der Waals surface area contributed by atoms with Gasteiger partial charge in [-0.05, 0) is 24.6 Å². The Labute approximate surface area is 111 Å². The SMILES string of the molecule is COCc1cccc(NC(=O)c2n[nH]c(C)c2N)c1. The van der Waals surface area contributed by atoms with Crippen LogP contribution in [0, 0.1) is 6.92 Å². The minimum Gasteiger partial charge on any atom is -0.395 e. The Kier molecular flexibility index (Phi) is 3.82. The minimum absolute atomic E-state index is 0.203. The van der Waals surface area contributed by atoms with E-state index in [2.05, 4.69) is 15.5 Å². The van der Waals surface area contributed by atoms with Crippen LogP contribution in [0.4, 0.5) is 11.4 Å². The molecule has 6 heteroatoms. The van der Waals surface area contributed by atoms with E-state index in [4.69, 9.17) is 10.5 Å². The first-order valence-electron chi connectivity index (χ1n) is 5.81. The lowest BCUT2D eigenvalue weighted by Crippen LogP contribution is -2.14. The zero-order chi connectivity index (χ0) is 13.8. The molecule has 100 valence electrons. The molecule has 0 aliphatic carbocycles. The van der Waals surface area contributed by atoms with Gasteiger partial charge in [0.1, 0.15) is 0 Å². The summed E-state index contributed by atoms with van der Waals surface area (Å²) in [6.45, 7) is 2.26. The van der Waals surface area contributed by atoms with Gasteiger partial charge in [-0.3, -0.25) is 9.89 Å². The molecule has 1 heterocycles. The number of ether oxygens (including phenoxy) is 1. The van der Waals surface area contributed by atoms with Gasteiger partial charge in [0.15, 0.2) is 5.69 Å². The number of hydrogen-bond donors (Lipinski definition) is 3. The number of nitrogens with zero attached hydrogens (tertiary/aromatic N) is 1. The maximum Gasteiger partial charge on any atom is 0.278 e. The zero-order valence-electron chi connectivity index (χ0n) is 10.9. The Bertz CT molecular complexity index is 592. The summed E-state index contributed by atoms with van der Waals surface area (Å²) in [5.74, 6) is -0.337. The first-order chi connectivity index (χ1) is 9.11. The van der Waals surface area contributed by atoms with Crippen LogP contribution >= 0.6 is 0 Å². The largest absolute Gasteiger partial charge is 0.395 e. The first kappa shape index (κ1) is 13.1. The predicted octanol–water partition coefficient (Wildman–Crippen LogP) is 1.70. The van der Waals surface area contributed by atoms with Gasteiger partial charge in [0.05, 0.1) is 18.0 Å². The number of amides is 1. The Hall–Kier alpha value is -2.34. The highest BCUT2D eigenvalue weighted by atomic mass is 16.5. The Morgan fingerprint density at radius 2 is 2.32 bits per heavy atom. The van der Waals surface area contributed by atoms with Gasteiger partial charge < -0.3 is 15.8 Å². The van der Waals surface area contributed by atoms with E-state index in [0.29, 0.717) is 23.7 Å². The van der Waals surface area contributed by atoms with Crippen LogP contribution < -0.4 is 11.1 Å². The van der Waals surface area contributed by atoms with Crippen LogP contribution in [-0.2, 0) is 11.3 Å². The Morgan fingerprint density at radius 1 is 1.53 bits per heavy atom. The fraction of sp³-hybridized carbons (Fsp3) is 0.231. The molecule has 1 aromatic carbocycles. The number of carbonyl (C=O) groups is 1. The van der Waals surface area contributed by atoms with E-state index in [1.54, 1.807) is 20.1 Å². The van der Waals surface area contributed by atoms with Gasteiger partial charge in [-0.2, -0.15) is 5.10 Å². The average molecular weight is 260 g/mol. The summed E-state index contributed by atoms with van der Waals surface area (Å²) in [7, 11) is 1.62. The van der Waals surface area contributed by atoms with Crippen LogP contribution in [0.2, 0.25) is 0 Å². The van der Waals surface area contributed by atoms with Gasteiger partial charge in [0, 0.05) is 12.8 Å². The normalized spacial score (nSPS) is 10.4. The number of rotatable bonds is 4. The van der Waals surface area contributed by atoms with E-state index in [1.165, 1.54) is 0 Å². The molecular formula is C13H16N4O2. The van der Waals surface area contributed by atoms with E-state index < -0.39 is 0 Å². The number of aromatic amines is 1. The number of aryl methyl sites for hydroxylation is 1. The molecule has 0 unspecified atom stereocenters. The predicted molar refractivity (Wildman–Crippen MR) is 72.8 cm³/mol. The summed E-state index contributed by atoms with van der Waals surface area (Å²) in [6, 6.07) is 7.42. The first-order valence-corrected chi connectivity index (χ1v) is 5.81. The number of anilines is 2. The second kappa shape index (κ2) is 5.53. The smallest absolute Gasteiger partial charge is 0.278 e. The molecular weight excluding hydrogens is 244 g/mol. The molecule has 2 rings (SSSR count). The third-order valence-electron chi connectivity index (χ3n) is 2.71. The molecule has 0 aliphatic rings. The molecule has 0 radical (unpaired) electrons. The molecule has 0 bridgehead atoms. The number of methoxy groups -OCH3 is 1. The fourth-order valence-corrected chi connectivity index (χ4v) is 1.71. The number of nitrogen functional groups attached to an aromatic ring is 1. The lowest BCUT2D eigenvalue weighted by Gasteiger charge is -2.06. The standard InChI is InChI=1S/C13H16N4O2/c1-8-11(14)12(17-16-8)13(18)15-10-5-3-4-9(6-10)7-19-2/h3-6H,7,14H2,1-2H3,(H,15,18)(H,16,17). The number of H-pyrrole nitrogens is 1. The molecule has 0 atom stereocenters. The maximum absolute atomic E-state index is 12.0. The van der Waals surface area contributed by atoms with E-state index in [1.807, 2.05) is 18.2 Å². The van der Waals surface area contributed by atoms with Gasteiger partial charge in [-0.25, -0.2) is 0 Å². The Morgan fingerprint density at radius 3 is 2.95 bits per heavy atom. The van der Waals surface area contributed by atoms with E-state index >= 15 is 0 Å². The molecule has 0 saturated heterocycles. The molecule has 2 aromatic rings. The maximum atomic E-state index is 12.0. The van der Waals surface area contributed by atoms with Gasteiger partial charge in [0.25, 0.3) is 5.91 Å². The van der Waals surface area contributed by atoms with E-state index in [-0.39, 0.29) is 11.6 Å². The summed E-state index contributed by atoms with van der Waals surface area (Å²) in [6.07, 6.45) is 0. The summed E-state index contributed by atoms with van der Waals surface area (Å²) in [5, 5.41) is 9.32. The van der Waals surface area contributed by atoms with Crippen molar-refractivity contribution in [1.82, 2.24) is 10.2 Å². The third-order valence-corrected chi connectivity index (χ3v) is 2.71. The molecule has 1 amide bonds. The van der Waals surface area contributed by atoms with Crippen molar-refractivity contribution in [3.63, 3.8) is 0 Å². The second-order valence-electron chi connectivity index (χ2n) is 4.20. The lowest BCUT2D eigenvalue weighted by atomic mass is 10.2. The minimum atomic E-state index is -0.337. The monoisotopic (exact) mass is 260 g/mol. The summed E-state index contributed by atoms with van der Waals surface area (Å²) >= 11 is 0. The molecule has 0 saturated carbocycles. The molecule has 1 aromatic heterocycles. The fourth-order valence-electron chi connectivity index (χ4n) is 1.71. The Balaban J connectivity index is 2.15. The van der Waals surface area contributed by atoms with E-state index in [9.17, 15) is 4.79 Å². The van der Waals surface area contributed by atoms with Gasteiger partial charge >= 0.3 is 0 Å². The third kappa shape index (κ3) is 2.92. The van der Waals surface area contributed by atoms with Crippen LogP contribution in [0.3, 0.4) is 0 Å². The highest BCUT2D eigenvalue weighted by molar-refractivity contribution is 6.06. The molecule has 0 spiro atoms. The van der Waals surface area contributed by atoms with Gasteiger partial charge in [0.2, 0.25) is 0 Å². The zero-order valence-corrected chi connectivity index (χ0v) is 10.9. The van der Waals surface area contributed by atoms with E-state index in [0.717, 1.165) is 5.56 Å².